The van der Waals surface area contributed by atoms with Crippen LogP contribution in [0.15, 0.2) is 6.20 Å². The normalized spacial score (nSPS) is 22.2. The zero-order chi connectivity index (χ0) is 13.2. The summed E-state index contributed by atoms with van der Waals surface area (Å²) in [5, 5.41) is 3.00. The fourth-order valence-corrected chi connectivity index (χ4v) is 4.16. The van der Waals surface area contributed by atoms with Crippen LogP contribution >= 0.6 is 0 Å². The summed E-state index contributed by atoms with van der Waals surface area (Å²) in [6.45, 7) is 5.40. The van der Waals surface area contributed by atoms with E-state index >= 15 is 0 Å². The maximum atomic E-state index is 11.8. The molecule has 1 atom stereocenters. The van der Waals surface area contributed by atoms with Crippen molar-refractivity contribution in [3.63, 3.8) is 0 Å². The van der Waals surface area contributed by atoms with Crippen molar-refractivity contribution in [2.45, 2.75) is 44.9 Å². The molecule has 0 saturated carbocycles. The van der Waals surface area contributed by atoms with Crippen LogP contribution in [0.1, 0.15) is 31.9 Å². The molecule has 2 heterocycles. The molecule has 1 unspecified atom stereocenters. The van der Waals surface area contributed by atoms with Crippen LogP contribution in [0.25, 0.3) is 0 Å². The molecule has 102 valence electrons. The van der Waals surface area contributed by atoms with Gasteiger partial charge in [-0.1, -0.05) is 6.92 Å². The third-order valence-corrected chi connectivity index (χ3v) is 5.55. The van der Waals surface area contributed by atoms with Gasteiger partial charge in [-0.05, 0) is 26.2 Å². The van der Waals surface area contributed by atoms with Crippen molar-refractivity contribution in [2.24, 2.45) is 0 Å². The summed E-state index contributed by atoms with van der Waals surface area (Å²) >= 11 is 0. The van der Waals surface area contributed by atoms with E-state index in [0.29, 0.717) is 12.3 Å². The monoisotopic (exact) mass is 271 g/mol. The zero-order valence-electron chi connectivity index (χ0n) is 11.0. The molecule has 0 amide bonds. The fourth-order valence-electron chi connectivity index (χ4n) is 2.35. The Hall–Kier alpha value is -1.04. The molecule has 1 N–H and O–H groups in total. The lowest BCUT2D eigenvalue weighted by Crippen LogP contribution is -2.23. The van der Waals surface area contributed by atoms with Crippen LogP contribution in [0.5, 0.6) is 0 Å². The van der Waals surface area contributed by atoms with Crippen molar-refractivity contribution >= 4 is 15.8 Å². The average Bonchev–Trinajstić information content (AvgIpc) is 2.80. The molecule has 1 aliphatic heterocycles. The Balaban J connectivity index is 2.13. The maximum Gasteiger partial charge on any atom is 0.203 e. The van der Waals surface area contributed by atoms with Crippen LogP contribution in [0, 0.1) is 6.92 Å². The Morgan fingerprint density at radius 2 is 2.33 bits per heavy atom. The van der Waals surface area contributed by atoms with Gasteiger partial charge in [0.05, 0.1) is 16.7 Å². The third-order valence-electron chi connectivity index (χ3n) is 3.29. The van der Waals surface area contributed by atoms with Gasteiger partial charge in [0.25, 0.3) is 0 Å². The van der Waals surface area contributed by atoms with Gasteiger partial charge in [-0.2, -0.15) is 0 Å². The lowest BCUT2D eigenvalue weighted by atomic mass is 10.2. The summed E-state index contributed by atoms with van der Waals surface area (Å²) in [5.41, 5.74) is 0.920. The average molecular weight is 271 g/mol. The van der Waals surface area contributed by atoms with Gasteiger partial charge in [0, 0.05) is 19.3 Å². The first-order valence-corrected chi connectivity index (χ1v) is 8.23. The summed E-state index contributed by atoms with van der Waals surface area (Å²) in [6.07, 6.45) is 4.50. The Morgan fingerprint density at radius 1 is 1.56 bits per heavy atom. The van der Waals surface area contributed by atoms with E-state index < -0.39 is 9.84 Å². The summed E-state index contributed by atoms with van der Waals surface area (Å²) in [6, 6.07) is 0. The number of nitrogens with zero attached hydrogens (tertiary/aromatic N) is 2. The van der Waals surface area contributed by atoms with Crippen LogP contribution in [-0.2, 0) is 16.4 Å². The lowest BCUT2D eigenvalue weighted by Gasteiger charge is -2.13. The molecule has 1 fully saturated rings. The smallest absolute Gasteiger partial charge is 0.203 e. The number of imidazole rings is 1. The predicted octanol–water partition coefficient (Wildman–Crippen LogP) is 1.59. The molecule has 0 aromatic carbocycles. The van der Waals surface area contributed by atoms with E-state index in [1.165, 1.54) is 0 Å². The molecule has 0 spiro atoms. The van der Waals surface area contributed by atoms with Crippen molar-refractivity contribution in [1.29, 1.82) is 0 Å². The number of sulfone groups is 1. The lowest BCUT2D eigenvalue weighted by molar-refractivity contribution is 0.567. The van der Waals surface area contributed by atoms with Crippen molar-refractivity contribution in [1.82, 2.24) is 9.55 Å². The minimum Gasteiger partial charge on any atom is -0.356 e. The first kappa shape index (κ1) is 13.4. The minimum atomic E-state index is -2.89. The van der Waals surface area contributed by atoms with E-state index in [1.807, 2.05) is 17.7 Å². The van der Waals surface area contributed by atoms with Gasteiger partial charge in [-0.25, -0.2) is 13.4 Å². The van der Waals surface area contributed by atoms with Crippen LogP contribution in [-0.4, -0.2) is 35.5 Å². The summed E-state index contributed by atoms with van der Waals surface area (Å²) in [5.74, 6) is 1.12. The highest BCUT2D eigenvalue weighted by Gasteiger charge is 2.31. The third kappa shape index (κ3) is 2.85. The molecule has 0 bridgehead atoms. The second-order valence-electron chi connectivity index (χ2n) is 4.92. The number of aryl methyl sites for hydroxylation is 1. The Labute approximate surface area is 109 Å². The number of rotatable bonds is 5. The molecule has 1 aromatic heterocycles. The zero-order valence-corrected chi connectivity index (χ0v) is 11.8. The first-order chi connectivity index (χ1) is 8.53. The number of hydrogen-bond acceptors (Lipinski definition) is 4. The highest BCUT2D eigenvalue weighted by molar-refractivity contribution is 7.92. The second kappa shape index (κ2) is 5.30. The van der Waals surface area contributed by atoms with E-state index in [9.17, 15) is 8.42 Å². The molecule has 1 saturated heterocycles. The molecule has 18 heavy (non-hydrogen) atoms. The van der Waals surface area contributed by atoms with Crippen molar-refractivity contribution in [3.8, 4) is 0 Å². The van der Waals surface area contributed by atoms with Gasteiger partial charge in [0.1, 0.15) is 0 Å². The molecule has 6 heteroatoms. The van der Waals surface area contributed by atoms with Crippen molar-refractivity contribution in [2.75, 3.05) is 17.6 Å². The second-order valence-corrected chi connectivity index (χ2v) is 7.32. The summed E-state index contributed by atoms with van der Waals surface area (Å²) in [7, 11) is -2.89. The van der Waals surface area contributed by atoms with Crippen molar-refractivity contribution in [3.05, 3.63) is 11.9 Å². The van der Waals surface area contributed by atoms with Gasteiger partial charge < -0.3 is 9.88 Å². The van der Waals surface area contributed by atoms with Gasteiger partial charge in [0.15, 0.2) is 9.84 Å². The van der Waals surface area contributed by atoms with Gasteiger partial charge in [0.2, 0.25) is 5.95 Å². The standard InChI is InChI=1S/C12H21N3O2S/c1-3-6-13-12-14-10(2)8-15(12)9-11-5-4-7-18(11,16)17/h8,11H,3-7,9H2,1-2H3,(H,13,14). The highest BCUT2D eigenvalue weighted by Crippen LogP contribution is 2.23. The molecule has 1 aliphatic rings. The molecular weight excluding hydrogens is 250 g/mol. The first-order valence-electron chi connectivity index (χ1n) is 6.52. The van der Waals surface area contributed by atoms with Gasteiger partial charge >= 0.3 is 0 Å². The summed E-state index contributed by atoms with van der Waals surface area (Å²) in [4.78, 5) is 4.39. The van der Waals surface area contributed by atoms with E-state index in [1.54, 1.807) is 0 Å². The number of nitrogens with one attached hydrogen (secondary N) is 1. The van der Waals surface area contributed by atoms with E-state index in [0.717, 1.165) is 37.4 Å². The number of hydrogen-bond donors (Lipinski definition) is 1. The van der Waals surface area contributed by atoms with Crippen LogP contribution in [0.2, 0.25) is 0 Å². The van der Waals surface area contributed by atoms with Crippen LogP contribution < -0.4 is 5.32 Å². The Morgan fingerprint density at radius 3 is 2.94 bits per heavy atom. The quantitative estimate of drug-likeness (QED) is 0.883. The topological polar surface area (TPSA) is 64.0 Å². The molecule has 0 aliphatic carbocycles. The van der Waals surface area contributed by atoms with Gasteiger partial charge in [-0.3, -0.25) is 0 Å². The molecule has 0 radical (unpaired) electrons. The number of aromatic nitrogens is 2. The van der Waals surface area contributed by atoms with E-state index in [-0.39, 0.29) is 5.25 Å². The maximum absolute atomic E-state index is 11.8. The highest BCUT2D eigenvalue weighted by atomic mass is 32.2. The Bertz CT molecular complexity index is 507. The van der Waals surface area contributed by atoms with E-state index in [4.69, 9.17) is 0 Å². The van der Waals surface area contributed by atoms with Crippen LogP contribution in [0.4, 0.5) is 5.95 Å². The van der Waals surface area contributed by atoms with Gasteiger partial charge in [-0.15, -0.1) is 0 Å². The fraction of sp³-hybridized carbons (Fsp3) is 0.750. The summed E-state index contributed by atoms with van der Waals surface area (Å²) < 4.78 is 25.6. The predicted molar refractivity (Wildman–Crippen MR) is 72.6 cm³/mol. The number of anilines is 1. The largest absolute Gasteiger partial charge is 0.356 e. The molecule has 5 nitrogen and oxygen atoms in total. The Kier molecular flexibility index (Phi) is 3.94. The van der Waals surface area contributed by atoms with E-state index in [2.05, 4.69) is 17.2 Å². The van der Waals surface area contributed by atoms with Crippen molar-refractivity contribution < 1.29 is 8.42 Å². The molecule has 1 aromatic rings. The molecular formula is C12H21N3O2S. The molecule has 2 rings (SSSR count). The minimum absolute atomic E-state index is 0.242. The SMILES string of the molecule is CCCNc1nc(C)cn1CC1CCCS1(=O)=O. The van der Waals surface area contributed by atoms with Crippen LogP contribution in [0.3, 0.4) is 0 Å².